The normalized spacial score (nSPS) is 11.7. The first-order chi connectivity index (χ1) is 8.15. The van der Waals surface area contributed by atoms with Crippen LogP contribution in [0.1, 0.15) is 28.9 Å². The molecule has 4 heteroatoms. The lowest BCUT2D eigenvalue weighted by atomic mass is 9.96. The fourth-order valence-corrected chi connectivity index (χ4v) is 2.01. The molecule has 0 aliphatic rings. The number of hydrogen-bond donors (Lipinski definition) is 1. The van der Waals surface area contributed by atoms with Crippen LogP contribution in [0.3, 0.4) is 0 Å². The molecule has 0 fully saturated rings. The van der Waals surface area contributed by atoms with Gasteiger partial charge in [-0.1, -0.05) is 30.3 Å². The summed E-state index contributed by atoms with van der Waals surface area (Å²) in [5.74, 6) is -0.322. The first-order valence-corrected chi connectivity index (χ1v) is 5.50. The van der Waals surface area contributed by atoms with Crippen molar-refractivity contribution in [1.29, 1.82) is 0 Å². The van der Waals surface area contributed by atoms with Gasteiger partial charge in [0, 0.05) is 6.04 Å². The van der Waals surface area contributed by atoms with Crippen LogP contribution in [0.4, 0.5) is 0 Å². The highest BCUT2D eigenvalue weighted by Gasteiger charge is 2.13. The van der Waals surface area contributed by atoms with Crippen molar-refractivity contribution in [1.82, 2.24) is 0 Å². The molecule has 2 N–H and O–H groups in total. The van der Waals surface area contributed by atoms with Gasteiger partial charge in [-0.2, -0.15) is 0 Å². The third kappa shape index (κ3) is 2.47. The van der Waals surface area contributed by atoms with Crippen molar-refractivity contribution < 1.29 is 9.53 Å². The van der Waals surface area contributed by atoms with E-state index in [2.05, 4.69) is 0 Å². The molecule has 2 rings (SSSR count). The Bertz CT molecular complexity index is 567. The summed E-state index contributed by atoms with van der Waals surface area (Å²) in [5, 5.41) is 1.89. The second kappa shape index (κ2) is 5.85. The summed E-state index contributed by atoms with van der Waals surface area (Å²) >= 11 is 0. The van der Waals surface area contributed by atoms with E-state index in [9.17, 15) is 4.79 Å². The van der Waals surface area contributed by atoms with Crippen molar-refractivity contribution in [3.05, 3.63) is 47.5 Å². The second-order valence-electron chi connectivity index (χ2n) is 4.03. The van der Waals surface area contributed by atoms with Gasteiger partial charge in [-0.25, -0.2) is 4.79 Å². The number of rotatable bonds is 2. The van der Waals surface area contributed by atoms with E-state index in [1.54, 1.807) is 6.07 Å². The number of fused-ring (bicyclic) bond motifs is 1. The SMILES string of the molecule is COC(=O)c1ccc(C(C)N)c2ccccc12.Cl. The molecule has 0 spiro atoms. The van der Waals surface area contributed by atoms with Crippen LogP contribution in [-0.2, 0) is 4.74 Å². The first kappa shape index (κ1) is 14.5. The van der Waals surface area contributed by atoms with E-state index < -0.39 is 0 Å². The lowest BCUT2D eigenvalue weighted by Gasteiger charge is -2.12. The van der Waals surface area contributed by atoms with Crippen molar-refractivity contribution in [2.45, 2.75) is 13.0 Å². The monoisotopic (exact) mass is 265 g/mol. The minimum atomic E-state index is -0.322. The Morgan fingerprint density at radius 2 is 1.78 bits per heavy atom. The van der Waals surface area contributed by atoms with Crippen LogP contribution in [0.15, 0.2) is 36.4 Å². The van der Waals surface area contributed by atoms with Gasteiger partial charge in [-0.05, 0) is 29.3 Å². The van der Waals surface area contributed by atoms with E-state index >= 15 is 0 Å². The number of methoxy groups -OCH3 is 1. The molecular formula is C14H16ClNO2. The predicted molar refractivity (Wildman–Crippen MR) is 75.1 cm³/mol. The topological polar surface area (TPSA) is 52.3 Å². The molecule has 0 aliphatic heterocycles. The summed E-state index contributed by atoms with van der Waals surface area (Å²) in [6.07, 6.45) is 0. The van der Waals surface area contributed by atoms with Crippen LogP contribution >= 0.6 is 12.4 Å². The number of benzene rings is 2. The third-order valence-corrected chi connectivity index (χ3v) is 2.85. The molecule has 0 saturated carbocycles. The van der Waals surface area contributed by atoms with E-state index in [1.165, 1.54) is 7.11 Å². The molecule has 96 valence electrons. The van der Waals surface area contributed by atoms with Crippen molar-refractivity contribution in [3.8, 4) is 0 Å². The van der Waals surface area contributed by atoms with Crippen LogP contribution in [-0.4, -0.2) is 13.1 Å². The van der Waals surface area contributed by atoms with Gasteiger partial charge in [-0.3, -0.25) is 0 Å². The first-order valence-electron chi connectivity index (χ1n) is 5.50. The average Bonchev–Trinajstić information content (AvgIpc) is 2.36. The van der Waals surface area contributed by atoms with E-state index in [1.807, 2.05) is 37.3 Å². The van der Waals surface area contributed by atoms with Crippen LogP contribution in [0.5, 0.6) is 0 Å². The molecule has 18 heavy (non-hydrogen) atoms. The minimum absolute atomic E-state index is 0. The maximum Gasteiger partial charge on any atom is 0.338 e. The molecule has 1 unspecified atom stereocenters. The van der Waals surface area contributed by atoms with Gasteiger partial charge in [0.25, 0.3) is 0 Å². The summed E-state index contributed by atoms with van der Waals surface area (Å²) in [5.41, 5.74) is 7.53. The Kier molecular flexibility index (Phi) is 4.70. The predicted octanol–water partition coefficient (Wildman–Crippen LogP) is 3.07. The zero-order chi connectivity index (χ0) is 12.4. The Balaban J connectivity index is 0.00000162. The van der Waals surface area contributed by atoms with Crippen molar-refractivity contribution in [2.75, 3.05) is 7.11 Å². The number of nitrogens with two attached hydrogens (primary N) is 1. The minimum Gasteiger partial charge on any atom is -0.465 e. The lowest BCUT2D eigenvalue weighted by molar-refractivity contribution is 0.0603. The molecule has 1 atom stereocenters. The third-order valence-electron chi connectivity index (χ3n) is 2.85. The van der Waals surface area contributed by atoms with Gasteiger partial charge in [0.05, 0.1) is 12.7 Å². The quantitative estimate of drug-likeness (QED) is 0.849. The van der Waals surface area contributed by atoms with Crippen LogP contribution < -0.4 is 5.73 Å². The number of halogens is 1. The maximum absolute atomic E-state index is 11.7. The summed E-state index contributed by atoms with van der Waals surface area (Å²) in [7, 11) is 1.39. The molecule has 0 bridgehead atoms. The Hall–Kier alpha value is -1.58. The number of carbonyl (C=O) groups is 1. The van der Waals surface area contributed by atoms with Gasteiger partial charge in [0.15, 0.2) is 0 Å². The maximum atomic E-state index is 11.7. The Labute approximate surface area is 112 Å². The Morgan fingerprint density at radius 3 is 2.33 bits per heavy atom. The molecule has 0 amide bonds. The lowest BCUT2D eigenvalue weighted by Crippen LogP contribution is -2.08. The molecule has 2 aromatic carbocycles. The number of ether oxygens (including phenoxy) is 1. The highest BCUT2D eigenvalue weighted by atomic mass is 35.5. The smallest absolute Gasteiger partial charge is 0.338 e. The van der Waals surface area contributed by atoms with Crippen molar-refractivity contribution in [3.63, 3.8) is 0 Å². The number of esters is 1. The highest BCUT2D eigenvalue weighted by Crippen LogP contribution is 2.26. The molecular weight excluding hydrogens is 250 g/mol. The average molecular weight is 266 g/mol. The molecule has 0 aromatic heterocycles. The fourth-order valence-electron chi connectivity index (χ4n) is 2.01. The summed E-state index contributed by atoms with van der Waals surface area (Å²) in [6, 6.07) is 11.3. The zero-order valence-corrected chi connectivity index (χ0v) is 11.2. The van der Waals surface area contributed by atoms with Crippen molar-refractivity contribution >= 4 is 29.1 Å². The van der Waals surface area contributed by atoms with Gasteiger partial charge >= 0.3 is 5.97 Å². The van der Waals surface area contributed by atoms with E-state index in [-0.39, 0.29) is 24.4 Å². The van der Waals surface area contributed by atoms with Gasteiger partial charge in [0.1, 0.15) is 0 Å². The van der Waals surface area contributed by atoms with Crippen LogP contribution in [0, 0.1) is 0 Å². The largest absolute Gasteiger partial charge is 0.465 e. The molecule has 0 aliphatic carbocycles. The molecule has 0 heterocycles. The van der Waals surface area contributed by atoms with E-state index in [0.29, 0.717) is 5.56 Å². The van der Waals surface area contributed by atoms with E-state index in [4.69, 9.17) is 10.5 Å². The number of carbonyl (C=O) groups excluding carboxylic acids is 1. The van der Waals surface area contributed by atoms with Crippen LogP contribution in [0.2, 0.25) is 0 Å². The molecule has 3 nitrogen and oxygen atoms in total. The molecule has 0 saturated heterocycles. The number of hydrogen-bond acceptors (Lipinski definition) is 3. The van der Waals surface area contributed by atoms with Crippen LogP contribution in [0.25, 0.3) is 10.8 Å². The molecule has 2 aromatic rings. The standard InChI is InChI=1S/C14H15NO2.ClH/c1-9(15)10-7-8-13(14(16)17-2)12-6-4-3-5-11(10)12;/h3-9H,15H2,1-2H3;1H. The Morgan fingerprint density at radius 1 is 1.17 bits per heavy atom. The zero-order valence-electron chi connectivity index (χ0n) is 10.3. The summed E-state index contributed by atoms with van der Waals surface area (Å²) in [4.78, 5) is 11.7. The second-order valence-corrected chi connectivity index (χ2v) is 4.03. The van der Waals surface area contributed by atoms with E-state index in [0.717, 1.165) is 16.3 Å². The van der Waals surface area contributed by atoms with Gasteiger partial charge < -0.3 is 10.5 Å². The fraction of sp³-hybridized carbons (Fsp3) is 0.214. The van der Waals surface area contributed by atoms with Crippen molar-refractivity contribution in [2.24, 2.45) is 5.73 Å². The highest BCUT2D eigenvalue weighted by molar-refractivity contribution is 6.05. The summed E-state index contributed by atoms with van der Waals surface area (Å²) in [6.45, 7) is 1.93. The van der Waals surface area contributed by atoms with Gasteiger partial charge in [0.2, 0.25) is 0 Å². The molecule has 0 radical (unpaired) electrons. The van der Waals surface area contributed by atoms with Gasteiger partial charge in [-0.15, -0.1) is 12.4 Å². The summed E-state index contributed by atoms with van der Waals surface area (Å²) < 4.78 is 4.77.